The largest absolute Gasteiger partial charge is 0.363 e. The molecule has 0 amide bonds. The molecule has 2 nitrogen and oxygen atoms in total. The van der Waals surface area contributed by atoms with Crippen LogP contribution in [0.5, 0.6) is 0 Å². The zero-order chi connectivity index (χ0) is 12.9. The minimum atomic E-state index is 0.820. The molecule has 0 spiro atoms. The number of hydrogen-bond donors (Lipinski definition) is 2. The summed E-state index contributed by atoms with van der Waals surface area (Å²) in [6.07, 6.45) is 9.05. The lowest BCUT2D eigenvalue weighted by atomic mass is 10.0. The van der Waals surface area contributed by atoms with Gasteiger partial charge in [0, 0.05) is 13.1 Å². The lowest BCUT2D eigenvalue weighted by Crippen LogP contribution is -2.36. The van der Waals surface area contributed by atoms with Crippen molar-refractivity contribution in [2.75, 3.05) is 13.1 Å². The fourth-order valence-corrected chi connectivity index (χ4v) is 1.88. The number of thiocarbonyl (C=S) groups is 1. The van der Waals surface area contributed by atoms with Gasteiger partial charge >= 0.3 is 0 Å². The molecule has 0 rings (SSSR count). The molecule has 0 heterocycles. The number of hydrogen-bond acceptors (Lipinski definition) is 1. The van der Waals surface area contributed by atoms with Crippen LogP contribution < -0.4 is 10.6 Å². The Kier molecular flexibility index (Phi) is 11.9. The molecule has 102 valence electrons. The van der Waals surface area contributed by atoms with E-state index in [-0.39, 0.29) is 0 Å². The van der Waals surface area contributed by atoms with Gasteiger partial charge in [-0.2, -0.15) is 0 Å². The average molecular weight is 258 g/mol. The average Bonchev–Trinajstić information content (AvgIpc) is 2.28. The van der Waals surface area contributed by atoms with Crippen LogP contribution in [0.3, 0.4) is 0 Å². The van der Waals surface area contributed by atoms with Crippen molar-refractivity contribution in [3.8, 4) is 0 Å². The molecule has 0 aromatic heterocycles. The van der Waals surface area contributed by atoms with E-state index >= 15 is 0 Å². The van der Waals surface area contributed by atoms with Crippen LogP contribution in [0.25, 0.3) is 0 Å². The van der Waals surface area contributed by atoms with Crippen molar-refractivity contribution < 1.29 is 0 Å². The lowest BCUT2D eigenvalue weighted by molar-refractivity contribution is 0.519. The normalized spacial score (nSPS) is 10.6. The van der Waals surface area contributed by atoms with Crippen molar-refractivity contribution in [3.05, 3.63) is 0 Å². The summed E-state index contributed by atoms with van der Waals surface area (Å²) in [4.78, 5) is 0. The highest BCUT2D eigenvalue weighted by molar-refractivity contribution is 7.80. The summed E-state index contributed by atoms with van der Waals surface area (Å²) in [7, 11) is 0. The number of nitrogens with one attached hydrogen (secondary N) is 2. The molecule has 0 aromatic carbocycles. The SMILES string of the molecule is CCCCNC(=S)NCCCCCCC(C)C. The Bertz CT molecular complexity index is 181. The van der Waals surface area contributed by atoms with Crippen molar-refractivity contribution in [3.63, 3.8) is 0 Å². The van der Waals surface area contributed by atoms with E-state index in [0.29, 0.717) is 0 Å². The fourth-order valence-electron chi connectivity index (χ4n) is 1.67. The topological polar surface area (TPSA) is 24.1 Å². The number of unbranched alkanes of at least 4 members (excludes halogenated alkanes) is 4. The van der Waals surface area contributed by atoms with Gasteiger partial charge < -0.3 is 10.6 Å². The van der Waals surface area contributed by atoms with Crippen LogP contribution in [0.2, 0.25) is 0 Å². The molecule has 0 atom stereocenters. The summed E-state index contributed by atoms with van der Waals surface area (Å²) < 4.78 is 0. The molecule has 0 bridgehead atoms. The summed E-state index contributed by atoms with van der Waals surface area (Å²) in [5.74, 6) is 0.850. The van der Waals surface area contributed by atoms with E-state index in [0.717, 1.165) is 24.1 Å². The minimum Gasteiger partial charge on any atom is -0.363 e. The van der Waals surface area contributed by atoms with Crippen LogP contribution in [-0.4, -0.2) is 18.2 Å². The Hall–Kier alpha value is -0.310. The van der Waals surface area contributed by atoms with E-state index in [1.807, 2.05) is 0 Å². The molecular formula is C14H30N2S. The smallest absolute Gasteiger partial charge is 0.166 e. The van der Waals surface area contributed by atoms with Crippen LogP contribution in [0.15, 0.2) is 0 Å². The molecule has 0 aliphatic carbocycles. The van der Waals surface area contributed by atoms with E-state index < -0.39 is 0 Å². The first-order valence-corrected chi connectivity index (χ1v) is 7.59. The Morgan fingerprint density at radius 2 is 1.53 bits per heavy atom. The maximum absolute atomic E-state index is 5.18. The molecule has 0 aliphatic rings. The summed E-state index contributed by atoms with van der Waals surface area (Å²) >= 11 is 5.18. The van der Waals surface area contributed by atoms with Crippen LogP contribution in [0.1, 0.15) is 65.7 Å². The Morgan fingerprint density at radius 1 is 0.941 bits per heavy atom. The summed E-state index contributed by atoms with van der Waals surface area (Å²) in [5.41, 5.74) is 0. The van der Waals surface area contributed by atoms with Gasteiger partial charge in [-0.15, -0.1) is 0 Å². The first-order valence-electron chi connectivity index (χ1n) is 7.18. The summed E-state index contributed by atoms with van der Waals surface area (Å²) in [6.45, 7) is 8.79. The third-order valence-electron chi connectivity index (χ3n) is 2.81. The molecule has 0 aliphatic heterocycles. The second kappa shape index (κ2) is 12.2. The van der Waals surface area contributed by atoms with Crippen molar-refractivity contribution in [1.82, 2.24) is 10.6 Å². The van der Waals surface area contributed by atoms with E-state index in [4.69, 9.17) is 12.2 Å². The van der Waals surface area contributed by atoms with E-state index in [1.54, 1.807) is 0 Å². The van der Waals surface area contributed by atoms with Crippen LogP contribution in [-0.2, 0) is 0 Å². The van der Waals surface area contributed by atoms with Gasteiger partial charge in [-0.1, -0.05) is 52.9 Å². The zero-order valence-electron chi connectivity index (χ0n) is 11.8. The quantitative estimate of drug-likeness (QED) is 0.460. The van der Waals surface area contributed by atoms with Crippen molar-refractivity contribution in [1.29, 1.82) is 0 Å². The second-order valence-electron chi connectivity index (χ2n) is 5.13. The van der Waals surface area contributed by atoms with Gasteiger partial charge in [-0.25, -0.2) is 0 Å². The standard InChI is InChI=1S/C14H30N2S/c1-4-5-11-15-14(17)16-12-9-7-6-8-10-13(2)3/h13H,4-12H2,1-3H3,(H2,15,16,17). The molecule has 0 radical (unpaired) electrons. The second-order valence-corrected chi connectivity index (χ2v) is 5.54. The molecule has 0 fully saturated rings. The Balaban J connectivity index is 3.14. The molecule has 0 aromatic rings. The first-order chi connectivity index (χ1) is 8.16. The van der Waals surface area contributed by atoms with Gasteiger partial charge in [0.05, 0.1) is 0 Å². The van der Waals surface area contributed by atoms with E-state index in [9.17, 15) is 0 Å². The van der Waals surface area contributed by atoms with Gasteiger partial charge in [0.25, 0.3) is 0 Å². The van der Waals surface area contributed by atoms with Crippen molar-refractivity contribution in [2.45, 2.75) is 65.7 Å². The predicted octanol–water partition coefficient (Wildman–Crippen LogP) is 3.86. The first kappa shape index (κ1) is 16.7. The Labute approximate surface area is 113 Å². The predicted molar refractivity (Wildman–Crippen MR) is 81.4 cm³/mol. The molecule has 3 heteroatoms. The molecular weight excluding hydrogens is 228 g/mol. The van der Waals surface area contributed by atoms with Gasteiger partial charge in [0.2, 0.25) is 0 Å². The van der Waals surface area contributed by atoms with Gasteiger partial charge in [0.15, 0.2) is 5.11 Å². The van der Waals surface area contributed by atoms with Gasteiger partial charge in [-0.3, -0.25) is 0 Å². The summed E-state index contributed by atoms with van der Waals surface area (Å²) in [5, 5.41) is 7.30. The molecule has 0 saturated carbocycles. The molecule has 0 unspecified atom stereocenters. The van der Waals surface area contributed by atoms with Crippen LogP contribution in [0, 0.1) is 5.92 Å². The minimum absolute atomic E-state index is 0.820. The molecule has 2 N–H and O–H groups in total. The van der Waals surface area contributed by atoms with Gasteiger partial charge in [0.1, 0.15) is 0 Å². The maximum Gasteiger partial charge on any atom is 0.166 e. The van der Waals surface area contributed by atoms with Crippen molar-refractivity contribution >= 4 is 17.3 Å². The highest BCUT2D eigenvalue weighted by Crippen LogP contribution is 2.08. The number of rotatable bonds is 10. The highest BCUT2D eigenvalue weighted by Gasteiger charge is 1.96. The Morgan fingerprint density at radius 3 is 2.12 bits per heavy atom. The van der Waals surface area contributed by atoms with Crippen molar-refractivity contribution in [2.24, 2.45) is 5.92 Å². The van der Waals surface area contributed by atoms with Crippen LogP contribution >= 0.6 is 12.2 Å². The third kappa shape index (κ3) is 13.6. The van der Waals surface area contributed by atoms with Gasteiger partial charge in [-0.05, 0) is 31.0 Å². The monoisotopic (exact) mass is 258 g/mol. The maximum atomic E-state index is 5.18. The fraction of sp³-hybridized carbons (Fsp3) is 0.929. The van der Waals surface area contributed by atoms with Crippen LogP contribution in [0.4, 0.5) is 0 Å². The van der Waals surface area contributed by atoms with E-state index in [1.165, 1.54) is 44.9 Å². The lowest BCUT2D eigenvalue weighted by Gasteiger charge is -2.10. The highest BCUT2D eigenvalue weighted by atomic mass is 32.1. The van der Waals surface area contributed by atoms with E-state index in [2.05, 4.69) is 31.4 Å². The molecule has 17 heavy (non-hydrogen) atoms. The summed E-state index contributed by atoms with van der Waals surface area (Å²) in [6, 6.07) is 0. The molecule has 0 saturated heterocycles. The zero-order valence-corrected chi connectivity index (χ0v) is 12.7. The third-order valence-corrected chi connectivity index (χ3v) is 3.10.